The Morgan fingerprint density at radius 3 is 1.85 bits per heavy atom. The summed E-state index contributed by atoms with van der Waals surface area (Å²) in [5.41, 5.74) is 2.54. The molecule has 1 amide bonds. The van der Waals surface area contributed by atoms with Gasteiger partial charge in [0.25, 0.3) is 11.7 Å². The highest BCUT2D eigenvalue weighted by Gasteiger charge is 2.39. The van der Waals surface area contributed by atoms with Crippen LogP contribution in [0.1, 0.15) is 33.8 Å². The molecule has 0 spiro atoms. The van der Waals surface area contributed by atoms with Gasteiger partial charge in [0.15, 0.2) is 0 Å². The zero-order valence-electron chi connectivity index (χ0n) is 18.1. The lowest BCUT2D eigenvalue weighted by atomic mass is 9.89. The van der Waals surface area contributed by atoms with Crippen LogP contribution in [0, 0.1) is 0 Å². The molecule has 0 N–H and O–H groups in total. The van der Waals surface area contributed by atoms with Crippen LogP contribution < -0.4 is 4.74 Å². The number of nitrogens with zero attached hydrogens (tertiary/aromatic N) is 1. The maximum absolute atomic E-state index is 12.4. The molecular formula is C26H24F3NO3. The molecule has 0 aliphatic carbocycles. The average Bonchev–Trinajstić information content (AvgIpc) is 2.82. The van der Waals surface area contributed by atoms with Gasteiger partial charge < -0.3 is 9.64 Å². The van der Waals surface area contributed by atoms with Crippen LogP contribution in [-0.4, -0.2) is 43.0 Å². The van der Waals surface area contributed by atoms with Crippen molar-refractivity contribution in [1.29, 1.82) is 0 Å². The topological polar surface area (TPSA) is 46.6 Å². The van der Waals surface area contributed by atoms with E-state index in [0.29, 0.717) is 12.4 Å². The smallest absolute Gasteiger partial charge is 0.451 e. The van der Waals surface area contributed by atoms with Crippen molar-refractivity contribution in [2.45, 2.75) is 18.5 Å². The van der Waals surface area contributed by atoms with E-state index in [1.807, 2.05) is 36.4 Å². The molecule has 7 heteroatoms. The van der Waals surface area contributed by atoms with Crippen LogP contribution in [0.25, 0.3) is 0 Å². The highest BCUT2D eigenvalue weighted by Crippen LogP contribution is 2.28. The van der Waals surface area contributed by atoms with E-state index in [4.69, 9.17) is 4.74 Å². The zero-order chi connectivity index (χ0) is 23.8. The highest BCUT2D eigenvalue weighted by molar-refractivity contribution is 5.97. The molecule has 3 rings (SSSR count). The third-order valence-corrected chi connectivity index (χ3v) is 5.22. The van der Waals surface area contributed by atoms with Crippen LogP contribution >= 0.6 is 0 Å². The van der Waals surface area contributed by atoms with Gasteiger partial charge in [-0.25, -0.2) is 0 Å². The maximum Gasteiger partial charge on any atom is 0.451 e. The minimum absolute atomic E-state index is 0.160. The van der Waals surface area contributed by atoms with E-state index < -0.39 is 24.4 Å². The lowest BCUT2D eigenvalue weighted by molar-refractivity contribution is -0.171. The molecule has 3 aromatic rings. The largest absolute Gasteiger partial charge is 0.494 e. The van der Waals surface area contributed by atoms with Gasteiger partial charge in [-0.2, -0.15) is 13.2 Å². The van der Waals surface area contributed by atoms with E-state index >= 15 is 0 Å². The molecule has 0 unspecified atom stereocenters. The minimum Gasteiger partial charge on any atom is -0.494 e. The van der Waals surface area contributed by atoms with Crippen LogP contribution in [0.15, 0.2) is 84.9 Å². The first kappa shape index (κ1) is 24.0. The summed E-state index contributed by atoms with van der Waals surface area (Å²) >= 11 is 0. The molecule has 3 aromatic carbocycles. The molecule has 0 aliphatic rings. The summed E-state index contributed by atoms with van der Waals surface area (Å²) in [6, 6.07) is 26.4. The second-order valence-electron chi connectivity index (χ2n) is 7.62. The number of alkyl halides is 3. The summed E-state index contributed by atoms with van der Waals surface area (Å²) in [5.74, 6) is -1.94. The Bertz CT molecular complexity index is 1010. The molecule has 0 atom stereocenters. The van der Waals surface area contributed by atoms with Crippen molar-refractivity contribution in [3.63, 3.8) is 0 Å². The summed E-state index contributed by atoms with van der Waals surface area (Å²) in [7, 11) is 1.16. The lowest BCUT2D eigenvalue weighted by Crippen LogP contribution is -2.38. The Kier molecular flexibility index (Phi) is 7.87. The number of rotatable bonds is 9. The third-order valence-electron chi connectivity index (χ3n) is 5.22. The second-order valence-corrected chi connectivity index (χ2v) is 7.62. The van der Waals surface area contributed by atoms with Gasteiger partial charge in [0.05, 0.1) is 13.2 Å². The average molecular weight is 455 g/mol. The molecule has 0 bridgehead atoms. The van der Waals surface area contributed by atoms with Gasteiger partial charge >= 0.3 is 6.18 Å². The van der Waals surface area contributed by atoms with Gasteiger partial charge in [-0.1, -0.05) is 60.7 Å². The number of likely N-dealkylation sites (N-methyl/N-ethyl adjacent to an activating group) is 1. The van der Waals surface area contributed by atoms with Gasteiger partial charge in [0.2, 0.25) is 0 Å². The first-order chi connectivity index (χ1) is 15.8. The van der Waals surface area contributed by atoms with Crippen molar-refractivity contribution in [2.24, 2.45) is 0 Å². The summed E-state index contributed by atoms with van der Waals surface area (Å²) < 4.78 is 43.1. The van der Waals surface area contributed by atoms with Crippen LogP contribution in [-0.2, 0) is 4.79 Å². The van der Waals surface area contributed by atoms with Crippen molar-refractivity contribution < 1.29 is 27.5 Å². The van der Waals surface area contributed by atoms with Crippen LogP contribution in [0.3, 0.4) is 0 Å². The fraction of sp³-hybridized carbons (Fsp3) is 0.231. The molecule has 4 nitrogen and oxygen atoms in total. The molecule has 0 radical (unpaired) electrons. The molecule has 33 heavy (non-hydrogen) atoms. The Balaban J connectivity index is 1.59. The fourth-order valence-electron chi connectivity index (χ4n) is 3.48. The molecule has 0 fully saturated rings. The second kappa shape index (κ2) is 10.8. The van der Waals surface area contributed by atoms with Crippen LogP contribution in [0.5, 0.6) is 5.75 Å². The number of Topliss-reactive ketones (excluding diaryl/α,β-unsaturated/α-hetero) is 1. The fourth-order valence-corrected chi connectivity index (χ4v) is 3.48. The highest BCUT2D eigenvalue weighted by atomic mass is 19.4. The molecule has 0 aromatic heterocycles. The summed E-state index contributed by atoms with van der Waals surface area (Å²) in [6.45, 7) is -0.595. The predicted molar refractivity (Wildman–Crippen MR) is 119 cm³/mol. The Morgan fingerprint density at radius 2 is 1.36 bits per heavy atom. The monoisotopic (exact) mass is 455 g/mol. The summed E-state index contributed by atoms with van der Waals surface area (Å²) in [4.78, 5) is 24.2. The van der Waals surface area contributed by atoms with Crippen molar-refractivity contribution >= 4 is 11.7 Å². The zero-order valence-corrected chi connectivity index (χ0v) is 18.1. The number of hydrogen-bond acceptors (Lipinski definition) is 3. The van der Waals surface area contributed by atoms with E-state index in [2.05, 4.69) is 24.3 Å². The van der Waals surface area contributed by atoms with Gasteiger partial charge in [-0.05, 0) is 41.8 Å². The van der Waals surface area contributed by atoms with E-state index in [0.717, 1.165) is 18.4 Å². The standard InChI is InChI=1S/C26H24F3NO3/c1-30(18-24(31)26(27,28)29)25(32)21-12-14-22(15-13-21)33-17-16-23(19-8-4-2-5-9-19)20-10-6-3-7-11-20/h2-15,23H,16-18H2,1H3. The van der Waals surface area contributed by atoms with Gasteiger partial charge in [0, 0.05) is 18.5 Å². The number of halogens is 3. The van der Waals surface area contributed by atoms with Gasteiger partial charge in [-0.15, -0.1) is 0 Å². The van der Waals surface area contributed by atoms with E-state index in [9.17, 15) is 22.8 Å². The predicted octanol–water partition coefficient (Wildman–Crippen LogP) is 5.49. The Labute approximate surface area is 190 Å². The van der Waals surface area contributed by atoms with Gasteiger partial charge in [-0.3, -0.25) is 9.59 Å². The third kappa shape index (κ3) is 6.68. The molecular weight excluding hydrogens is 431 g/mol. The van der Waals surface area contributed by atoms with Crippen molar-refractivity contribution in [1.82, 2.24) is 4.90 Å². The summed E-state index contributed by atoms with van der Waals surface area (Å²) in [5, 5.41) is 0. The SMILES string of the molecule is CN(CC(=O)C(F)(F)F)C(=O)c1ccc(OCCC(c2ccccc2)c2ccccc2)cc1. The van der Waals surface area contributed by atoms with Crippen LogP contribution in [0.2, 0.25) is 0 Å². The maximum atomic E-state index is 12.4. The number of ketones is 1. The molecule has 0 saturated carbocycles. The normalized spacial score (nSPS) is 11.3. The van der Waals surface area contributed by atoms with E-state index in [1.165, 1.54) is 23.3 Å². The molecule has 0 aliphatic heterocycles. The number of amides is 1. The number of carbonyl (C=O) groups excluding carboxylic acids is 2. The first-order valence-electron chi connectivity index (χ1n) is 10.4. The Hall–Kier alpha value is -3.61. The number of carbonyl (C=O) groups is 2. The minimum atomic E-state index is -4.97. The van der Waals surface area contributed by atoms with E-state index in [-0.39, 0.29) is 11.5 Å². The molecule has 0 saturated heterocycles. The number of hydrogen-bond donors (Lipinski definition) is 0. The molecule has 172 valence electrons. The molecule has 0 heterocycles. The number of ether oxygens (including phenoxy) is 1. The van der Waals surface area contributed by atoms with Crippen LogP contribution in [0.4, 0.5) is 13.2 Å². The van der Waals surface area contributed by atoms with Gasteiger partial charge in [0.1, 0.15) is 5.75 Å². The lowest BCUT2D eigenvalue weighted by Gasteiger charge is -2.19. The van der Waals surface area contributed by atoms with E-state index in [1.54, 1.807) is 12.1 Å². The first-order valence-corrected chi connectivity index (χ1v) is 10.4. The van der Waals surface area contributed by atoms with Crippen molar-refractivity contribution in [3.8, 4) is 5.75 Å². The van der Waals surface area contributed by atoms with Crippen molar-refractivity contribution in [3.05, 3.63) is 102 Å². The van der Waals surface area contributed by atoms with Crippen molar-refractivity contribution in [2.75, 3.05) is 20.2 Å². The quantitative estimate of drug-likeness (QED) is 0.429. The number of benzene rings is 3. The Morgan fingerprint density at radius 1 is 0.848 bits per heavy atom. The summed E-state index contributed by atoms with van der Waals surface area (Å²) in [6.07, 6.45) is -4.24.